The average Bonchev–Trinajstić information content (AvgIpc) is 3.30. The van der Waals surface area contributed by atoms with Gasteiger partial charge >= 0.3 is 0 Å². The molecule has 0 saturated carbocycles. The quantitative estimate of drug-likeness (QED) is 0.583. The molecule has 10 heteroatoms. The molecule has 2 aromatic rings. The van der Waals surface area contributed by atoms with Crippen LogP contribution in [-0.2, 0) is 4.79 Å². The van der Waals surface area contributed by atoms with E-state index in [1.165, 1.54) is 0 Å². The summed E-state index contributed by atoms with van der Waals surface area (Å²) < 4.78 is 2.04. The number of anilines is 3. The number of halogens is 1. The Hall–Kier alpha value is -2.39. The van der Waals surface area contributed by atoms with E-state index in [0.717, 1.165) is 69.7 Å². The van der Waals surface area contributed by atoms with E-state index in [1.54, 1.807) is 6.20 Å². The van der Waals surface area contributed by atoms with Crippen LogP contribution in [0.2, 0.25) is 5.02 Å². The highest BCUT2D eigenvalue weighted by Gasteiger charge is 2.23. The van der Waals surface area contributed by atoms with E-state index < -0.39 is 0 Å². The largest absolute Gasteiger partial charge is 0.369 e. The molecule has 2 aliphatic rings. The number of carbonyl (C=O) groups is 1. The minimum Gasteiger partial charge on any atom is -0.369 e. The molecule has 174 valence electrons. The van der Waals surface area contributed by atoms with E-state index in [-0.39, 0.29) is 5.91 Å². The van der Waals surface area contributed by atoms with Crippen molar-refractivity contribution in [1.29, 1.82) is 0 Å². The number of likely N-dealkylation sites (tertiary alicyclic amines) is 2. The van der Waals surface area contributed by atoms with Crippen molar-refractivity contribution in [3.63, 3.8) is 0 Å². The third-order valence-corrected chi connectivity index (χ3v) is 6.49. The maximum Gasteiger partial charge on any atom is 0.229 e. The van der Waals surface area contributed by atoms with E-state index in [4.69, 9.17) is 11.6 Å². The van der Waals surface area contributed by atoms with Crippen molar-refractivity contribution < 1.29 is 4.79 Å². The summed E-state index contributed by atoms with van der Waals surface area (Å²) in [5.41, 5.74) is 1.81. The van der Waals surface area contributed by atoms with Gasteiger partial charge in [-0.1, -0.05) is 18.0 Å². The minimum atomic E-state index is 0.272. The maximum absolute atomic E-state index is 12.1. The molecule has 0 bridgehead atoms. The number of amides is 1. The summed E-state index contributed by atoms with van der Waals surface area (Å²) in [6.07, 6.45) is 9.50. The third kappa shape index (κ3) is 5.69. The van der Waals surface area contributed by atoms with Gasteiger partial charge in [0, 0.05) is 38.8 Å². The van der Waals surface area contributed by atoms with Crippen LogP contribution < -0.4 is 10.6 Å². The average molecular weight is 461 g/mol. The molecule has 0 spiro atoms. The highest BCUT2D eigenvalue weighted by molar-refractivity contribution is 6.32. The molecule has 2 aliphatic heterocycles. The molecule has 4 rings (SSSR count). The summed E-state index contributed by atoms with van der Waals surface area (Å²) in [6.45, 7) is 6.39. The van der Waals surface area contributed by atoms with Gasteiger partial charge < -0.3 is 20.4 Å². The molecule has 0 aliphatic carbocycles. The van der Waals surface area contributed by atoms with Crippen LogP contribution >= 0.6 is 11.6 Å². The molecule has 0 aromatic carbocycles. The summed E-state index contributed by atoms with van der Waals surface area (Å²) in [6, 6.07) is 0.397. The lowest BCUT2D eigenvalue weighted by Gasteiger charge is -2.20. The molecular formula is C22H33ClN8O. The van der Waals surface area contributed by atoms with E-state index in [1.807, 2.05) is 22.7 Å². The predicted molar refractivity (Wildman–Crippen MR) is 127 cm³/mol. The van der Waals surface area contributed by atoms with Gasteiger partial charge in [-0.05, 0) is 46.2 Å². The fraction of sp³-hybridized carbons (Fsp3) is 0.636. The van der Waals surface area contributed by atoms with Crippen LogP contribution in [0.15, 0.2) is 12.4 Å². The van der Waals surface area contributed by atoms with Crippen LogP contribution in [0, 0.1) is 6.92 Å². The van der Waals surface area contributed by atoms with E-state index in [0.29, 0.717) is 35.8 Å². The molecule has 2 saturated heterocycles. The van der Waals surface area contributed by atoms with Crippen LogP contribution in [0.5, 0.6) is 0 Å². The molecule has 1 unspecified atom stereocenters. The second kappa shape index (κ2) is 10.5. The van der Waals surface area contributed by atoms with Gasteiger partial charge in [-0.15, -0.1) is 0 Å². The topological polar surface area (TPSA) is 91.2 Å². The summed E-state index contributed by atoms with van der Waals surface area (Å²) >= 11 is 6.31. The maximum atomic E-state index is 12.1. The molecule has 4 heterocycles. The lowest BCUT2D eigenvalue weighted by Crippen LogP contribution is -2.32. The molecule has 1 atom stereocenters. The summed E-state index contributed by atoms with van der Waals surface area (Å²) in [4.78, 5) is 25.3. The van der Waals surface area contributed by atoms with E-state index in [9.17, 15) is 4.79 Å². The fourth-order valence-corrected chi connectivity index (χ4v) is 4.50. The van der Waals surface area contributed by atoms with Gasteiger partial charge in [0.15, 0.2) is 0 Å². The van der Waals surface area contributed by atoms with Gasteiger partial charge in [-0.2, -0.15) is 10.1 Å². The first-order valence-corrected chi connectivity index (χ1v) is 11.9. The highest BCUT2D eigenvalue weighted by Crippen LogP contribution is 2.26. The van der Waals surface area contributed by atoms with Crippen LogP contribution in [0.4, 0.5) is 17.5 Å². The number of hydrogen-bond donors (Lipinski definition) is 2. The van der Waals surface area contributed by atoms with E-state index >= 15 is 0 Å². The van der Waals surface area contributed by atoms with Crippen molar-refractivity contribution in [1.82, 2.24) is 29.5 Å². The second-order valence-electron chi connectivity index (χ2n) is 8.80. The zero-order valence-corrected chi connectivity index (χ0v) is 19.7. The number of aromatic nitrogens is 4. The second-order valence-corrected chi connectivity index (χ2v) is 9.21. The third-order valence-electron chi connectivity index (χ3n) is 6.22. The Morgan fingerprint density at radius 3 is 2.94 bits per heavy atom. The van der Waals surface area contributed by atoms with Crippen LogP contribution in [0.3, 0.4) is 0 Å². The molecule has 9 nitrogen and oxygen atoms in total. The number of nitrogens with one attached hydrogen (secondary N) is 2. The van der Waals surface area contributed by atoms with Gasteiger partial charge in [-0.25, -0.2) is 4.98 Å². The number of rotatable bonds is 8. The van der Waals surface area contributed by atoms with Gasteiger partial charge in [0.05, 0.1) is 23.6 Å². The van der Waals surface area contributed by atoms with Gasteiger partial charge in [0.1, 0.15) is 10.8 Å². The zero-order valence-electron chi connectivity index (χ0n) is 19.0. The molecule has 2 N–H and O–H groups in total. The molecule has 32 heavy (non-hydrogen) atoms. The van der Waals surface area contributed by atoms with Crippen LogP contribution in [0.1, 0.15) is 50.3 Å². The highest BCUT2D eigenvalue weighted by atomic mass is 35.5. The number of nitrogens with zero attached hydrogens (tertiary/aromatic N) is 6. The Morgan fingerprint density at radius 2 is 2.12 bits per heavy atom. The molecule has 1 amide bonds. The zero-order chi connectivity index (χ0) is 22.5. The van der Waals surface area contributed by atoms with Gasteiger partial charge in [0.25, 0.3) is 0 Å². The van der Waals surface area contributed by atoms with Crippen molar-refractivity contribution in [2.24, 2.45) is 0 Å². The minimum absolute atomic E-state index is 0.272. The Bertz CT molecular complexity index is 933. The SMILES string of the molecule is Cc1nn(C2CCN(C)C2)cc1Nc1ncc(Cl)c(NCCCN2CCCCCC2=O)n1. The Labute approximate surface area is 194 Å². The standard InChI is InChI=1S/C22H33ClN8O/c1-16-19(15-31(28-16)17-8-12-29(2)14-17)26-22-25-13-18(23)21(27-22)24-9-6-11-30-10-5-3-4-7-20(30)32/h13,15,17H,3-12,14H2,1-2H3,(H2,24,25,26,27). The van der Waals surface area contributed by atoms with Crippen molar-refractivity contribution >= 4 is 35.0 Å². The number of hydrogen-bond acceptors (Lipinski definition) is 7. The van der Waals surface area contributed by atoms with Crippen LogP contribution in [-0.4, -0.2) is 75.2 Å². The van der Waals surface area contributed by atoms with Gasteiger partial charge in [0.2, 0.25) is 11.9 Å². The lowest BCUT2D eigenvalue weighted by atomic mass is 10.2. The summed E-state index contributed by atoms with van der Waals surface area (Å²) in [5, 5.41) is 11.7. The Balaban J connectivity index is 1.32. The first-order valence-electron chi connectivity index (χ1n) is 11.5. The first kappa shape index (κ1) is 22.8. The molecule has 0 radical (unpaired) electrons. The smallest absolute Gasteiger partial charge is 0.229 e. The predicted octanol–water partition coefficient (Wildman–Crippen LogP) is 3.46. The number of carbonyl (C=O) groups excluding carboxylic acids is 1. The fourth-order valence-electron chi connectivity index (χ4n) is 4.34. The van der Waals surface area contributed by atoms with E-state index in [2.05, 4.69) is 37.6 Å². The number of likely N-dealkylation sites (N-methyl/N-ethyl adjacent to an activating group) is 1. The number of aryl methyl sites for hydroxylation is 1. The molecular weight excluding hydrogens is 428 g/mol. The Morgan fingerprint density at radius 1 is 1.25 bits per heavy atom. The first-order chi connectivity index (χ1) is 15.5. The summed E-state index contributed by atoms with van der Waals surface area (Å²) in [5.74, 6) is 1.34. The lowest BCUT2D eigenvalue weighted by molar-refractivity contribution is -0.130. The molecule has 2 aromatic heterocycles. The van der Waals surface area contributed by atoms with Crippen molar-refractivity contribution in [3.8, 4) is 0 Å². The van der Waals surface area contributed by atoms with Crippen molar-refractivity contribution in [3.05, 3.63) is 23.1 Å². The van der Waals surface area contributed by atoms with Crippen molar-refractivity contribution in [2.75, 3.05) is 50.4 Å². The van der Waals surface area contributed by atoms with Crippen molar-refractivity contribution in [2.45, 2.75) is 51.5 Å². The monoisotopic (exact) mass is 460 g/mol. The van der Waals surface area contributed by atoms with Gasteiger partial charge in [-0.3, -0.25) is 9.48 Å². The molecule has 2 fully saturated rings. The summed E-state index contributed by atoms with van der Waals surface area (Å²) in [7, 11) is 2.14. The normalized spacial score (nSPS) is 19.9. The van der Waals surface area contributed by atoms with Crippen LogP contribution in [0.25, 0.3) is 0 Å². The Kier molecular flexibility index (Phi) is 7.47.